The topological polar surface area (TPSA) is 46.3 Å². The van der Waals surface area contributed by atoms with Crippen LogP contribution in [0.25, 0.3) is 10.8 Å². The number of hydrogen-bond acceptors (Lipinski definition) is 4. The molecule has 2 aromatic heterocycles. The molecule has 0 saturated carbocycles. The third-order valence-electron chi connectivity index (χ3n) is 1.77. The molecule has 0 amide bonds. The molecule has 2 aromatic rings. The number of nitrogens with zero attached hydrogens (tertiary/aromatic N) is 1. The predicted octanol–water partition coefficient (Wildman–Crippen LogP) is 2.20. The average Bonchev–Trinajstić information content (AvgIpc) is 2.71. The molecular formula is C9H9NO2S. The number of furan rings is 1. The number of thiazole rings is 1. The number of aliphatic hydroxyl groups excluding tert-OH is 1. The Hall–Kier alpha value is -1.13. The van der Waals surface area contributed by atoms with Crippen LogP contribution in [-0.4, -0.2) is 10.1 Å². The molecule has 0 aromatic carbocycles. The number of aryl methyl sites for hydroxylation is 1. The van der Waals surface area contributed by atoms with Crippen molar-refractivity contribution in [3.63, 3.8) is 0 Å². The van der Waals surface area contributed by atoms with E-state index in [1.54, 1.807) is 6.26 Å². The first-order valence-corrected chi connectivity index (χ1v) is 4.74. The van der Waals surface area contributed by atoms with E-state index in [4.69, 9.17) is 9.52 Å². The highest BCUT2D eigenvalue weighted by molar-refractivity contribution is 7.15. The zero-order valence-corrected chi connectivity index (χ0v) is 7.97. The fourth-order valence-electron chi connectivity index (χ4n) is 1.08. The number of hydrogen-bond donors (Lipinski definition) is 1. The highest BCUT2D eigenvalue weighted by Crippen LogP contribution is 2.27. The van der Waals surface area contributed by atoms with Crippen LogP contribution in [0.5, 0.6) is 0 Å². The van der Waals surface area contributed by atoms with Crippen LogP contribution in [0.2, 0.25) is 0 Å². The van der Waals surface area contributed by atoms with E-state index in [0.717, 1.165) is 21.3 Å². The second-order valence-corrected chi connectivity index (χ2v) is 3.86. The van der Waals surface area contributed by atoms with E-state index in [1.165, 1.54) is 11.3 Å². The molecule has 1 N–H and O–H groups in total. The van der Waals surface area contributed by atoms with Gasteiger partial charge in [0.2, 0.25) is 0 Å². The van der Waals surface area contributed by atoms with Crippen LogP contribution in [0.1, 0.15) is 10.6 Å². The Morgan fingerprint density at radius 3 is 3.00 bits per heavy atom. The molecule has 2 heterocycles. The summed E-state index contributed by atoms with van der Waals surface area (Å²) < 4.78 is 5.20. The van der Waals surface area contributed by atoms with Gasteiger partial charge >= 0.3 is 0 Å². The van der Waals surface area contributed by atoms with Crippen molar-refractivity contribution in [2.45, 2.75) is 13.5 Å². The maximum atomic E-state index is 8.94. The van der Waals surface area contributed by atoms with Gasteiger partial charge in [0.15, 0.2) is 10.8 Å². The molecule has 0 saturated heterocycles. The molecule has 4 heteroatoms. The Kier molecular flexibility index (Phi) is 2.16. The first-order valence-electron chi connectivity index (χ1n) is 3.92. The molecular weight excluding hydrogens is 186 g/mol. The summed E-state index contributed by atoms with van der Waals surface area (Å²) in [6.07, 6.45) is 1.62. The molecule has 0 aliphatic heterocycles. The smallest absolute Gasteiger partial charge is 0.162 e. The van der Waals surface area contributed by atoms with E-state index in [0.29, 0.717) is 0 Å². The van der Waals surface area contributed by atoms with Crippen LogP contribution in [0.3, 0.4) is 0 Å². The summed E-state index contributed by atoms with van der Waals surface area (Å²) in [5.74, 6) is 0.757. The molecule has 68 valence electrons. The van der Waals surface area contributed by atoms with Crippen molar-refractivity contribution in [1.29, 1.82) is 0 Å². The molecule has 0 bridgehead atoms. The van der Waals surface area contributed by atoms with Crippen LogP contribution >= 0.6 is 11.3 Å². The summed E-state index contributed by atoms with van der Waals surface area (Å²) in [5.41, 5.74) is 0.733. The minimum atomic E-state index is -0.0109. The summed E-state index contributed by atoms with van der Waals surface area (Å²) in [6.45, 7) is 1.93. The first kappa shape index (κ1) is 8.47. The number of rotatable bonds is 2. The van der Waals surface area contributed by atoms with Crippen molar-refractivity contribution in [1.82, 2.24) is 4.98 Å². The maximum Gasteiger partial charge on any atom is 0.162 e. The van der Waals surface area contributed by atoms with Gasteiger partial charge < -0.3 is 9.52 Å². The van der Waals surface area contributed by atoms with Gasteiger partial charge in [-0.1, -0.05) is 0 Å². The molecule has 0 radical (unpaired) electrons. The first-order chi connectivity index (χ1) is 6.31. The van der Waals surface area contributed by atoms with E-state index in [9.17, 15) is 0 Å². The van der Waals surface area contributed by atoms with Crippen LogP contribution in [-0.2, 0) is 6.61 Å². The molecule has 0 aliphatic carbocycles. The van der Waals surface area contributed by atoms with Gasteiger partial charge in [-0.25, -0.2) is 4.98 Å². The van der Waals surface area contributed by atoms with Crippen molar-refractivity contribution in [3.8, 4) is 10.8 Å². The standard InChI is InChI=1S/C9H9NO2S/c1-6-7(5-11)10-9(13-6)8-3-2-4-12-8/h2-4,11H,5H2,1H3. The predicted molar refractivity (Wildman–Crippen MR) is 50.5 cm³/mol. The van der Waals surface area contributed by atoms with Gasteiger partial charge in [-0.3, -0.25) is 0 Å². The third-order valence-corrected chi connectivity index (χ3v) is 2.80. The van der Waals surface area contributed by atoms with Crippen LogP contribution in [0, 0.1) is 6.92 Å². The fraction of sp³-hybridized carbons (Fsp3) is 0.222. The summed E-state index contributed by atoms with van der Waals surface area (Å²) in [4.78, 5) is 5.28. The van der Waals surface area contributed by atoms with Gasteiger partial charge in [-0.2, -0.15) is 0 Å². The van der Waals surface area contributed by atoms with Crippen LogP contribution < -0.4 is 0 Å². The molecule has 0 atom stereocenters. The van der Waals surface area contributed by atoms with Gasteiger partial charge in [0, 0.05) is 4.88 Å². The molecule has 13 heavy (non-hydrogen) atoms. The lowest BCUT2D eigenvalue weighted by molar-refractivity contribution is 0.277. The largest absolute Gasteiger partial charge is 0.462 e. The summed E-state index contributed by atoms with van der Waals surface area (Å²) >= 11 is 1.53. The maximum absolute atomic E-state index is 8.94. The molecule has 0 aliphatic rings. The zero-order chi connectivity index (χ0) is 9.26. The quantitative estimate of drug-likeness (QED) is 0.799. The van der Waals surface area contributed by atoms with Crippen molar-refractivity contribution < 1.29 is 9.52 Å². The van der Waals surface area contributed by atoms with Crippen molar-refractivity contribution in [2.24, 2.45) is 0 Å². The van der Waals surface area contributed by atoms with E-state index in [1.807, 2.05) is 19.1 Å². The second kappa shape index (κ2) is 3.32. The van der Waals surface area contributed by atoms with Crippen LogP contribution in [0.4, 0.5) is 0 Å². The Labute approximate surface area is 79.7 Å². The van der Waals surface area contributed by atoms with Gasteiger partial charge in [0.1, 0.15) is 0 Å². The molecule has 3 nitrogen and oxygen atoms in total. The number of aromatic nitrogens is 1. The molecule has 2 rings (SSSR count). The fourth-order valence-corrected chi connectivity index (χ4v) is 1.97. The average molecular weight is 195 g/mol. The number of aliphatic hydroxyl groups is 1. The van der Waals surface area contributed by atoms with E-state index < -0.39 is 0 Å². The van der Waals surface area contributed by atoms with Crippen molar-refractivity contribution in [2.75, 3.05) is 0 Å². The van der Waals surface area contributed by atoms with Crippen molar-refractivity contribution >= 4 is 11.3 Å². The lowest BCUT2D eigenvalue weighted by atomic mass is 10.4. The highest BCUT2D eigenvalue weighted by Gasteiger charge is 2.09. The minimum Gasteiger partial charge on any atom is -0.462 e. The van der Waals surface area contributed by atoms with Crippen molar-refractivity contribution in [3.05, 3.63) is 29.0 Å². The van der Waals surface area contributed by atoms with Gasteiger partial charge in [-0.15, -0.1) is 11.3 Å². The molecule has 0 unspecified atom stereocenters. The molecule has 0 spiro atoms. The zero-order valence-electron chi connectivity index (χ0n) is 7.15. The minimum absolute atomic E-state index is 0.0109. The summed E-state index contributed by atoms with van der Waals surface area (Å²) in [6, 6.07) is 3.68. The van der Waals surface area contributed by atoms with Crippen LogP contribution in [0.15, 0.2) is 22.8 Å². The van der Waals surface area contributed by atoms with E-state index in [2.05, 4.69) is 4.98 Å². The Morgan fingerprint density at radius 1 is 1.62 bits per heavy atom. The Morgan fingerprint density at radius 2 is 2.46 bits per heavy atom. The van der Waals surface area contributed by atoms with Gasteiger partial charge in [-0.05, 0) is 19.1 Å². The third kappa shape index (κ3) is 1.50. The summed E-state index contributed by atoms with van der Waals surface area (Å²) in [5, 5.41) is 9.77. The molecule has 0 fully saturated rings. The Balaban J connectivity index is 2.43. The SMILES string of the molecule is Cc1sc(-c2ccco2)nc1CO. The van der Waals surface area contributed by atoms with E-state index >= 15 is 0 Å². The lowest BCUT2D eigenvalue weighted by Gasteiger charge is -1.87. The van der Waals surface area contributed by atoms with Gasteiger partial charge in [0.25, 0.3) is 0 Å². The van der Waals surface area contributed by atoms with Gasteiger partial charge in [0.05, 0.1) is 18.6 Å². The summed E-state index contributed by atoms with van der Waals surface area (Å²) in [7, 11) is 0. The normalized spacial score (nSPS) is 10.6. The van der Waals surface area contributed by atoms with E-state index in [-0.39, 0.29) is 6.61 Å². The monoisotopic (exact) mass is 195 g/mol. The highest BCUT2D eigenvalue weighted by atomic mass is 32.1. The Bertz CT molecular complexity index is 392. The second-order valence-electron chi connectivity index (χ2n) is 2.66. The lowest BCUT2D eigenvalue weighted by Crippen LogP contribution is -1.84.